The van der Waals surface area contributed by atoms with Crippen LogP contribution in [0.15, 0.2) is 72.8 Å². The van der Waals surface area contributed by atoms with E-state index in [4.69, 9.17) is 4.74 Å². The molecular weight excluding hydrogens is 406 g/mol. The number of nitrogens with zero attached hydrogens (tertiary/aromatic N) is 3. The zero-order chi connectivity index (χ0) is 21.8. The molecule has 1 aromatic heterocycles. The van der Waals surface area contributed by atoms with Crippen molar-refractivity contribution in [2.45, 2.75) is 19.8 Å². The number of carbonyl (C=O) groups is 1. The Morgan fingerprint density at radius 1 is 1.06 bits per heavy atom. The average Bonchev–Trinajstić information content (AvgIpc) is 3.22. The molecule has 154 valence electrons. The van der Waals surface area contributed by atoms with Gasteiger partial charge in [-0.2, -0.15) is 5.26 Å². The van der Waals surface area contributed by atoms with E-state index in [2.05, 4.69) is 24.9 Å². The molecule has 1 amide bonds. The lowest BCUT2D eigenvalue weighted by atomic mass is 10.0. The van der Waals surface area contributed by atoms with Gasteiger partial charge in [-0.25, -0.2) is 4.98 Å². The quantitative estimate of drug-likeness (QED) is 0.376. The van der Waals surface area contributed by atoms with E-state index in [0.29, 0.717) is 22.4 Å². The van der Waals surface area contributed by atoms with Crippen LogP contribution in [0.25, 0.3) is 10.2 Å². The lowest BCUT2D eigenvalue weighted by Gasteiger charge is -2.21. The van der Waals surface area contributed by atoms with Gasteiger partial charge >= 0.3 is 0 Å². The van der Waals surface area contributed by atoms with Crippen molar-refractivity contribution in [2.75, 3.05) is 11.5 Å². The van der Waals surface area contributed by atoms with Crippen molar-refractivity contribution < 1.29 is 9.53 Å². The van der Waals surface area contributed by atoms with Gasteiger partial charge in [0.15, 0.2) is 11.7 Å². The number of rotatable bonds is 6. The second-order valence-electron chi connectivity index (χ2n) is 7.34. The maximum absolute atomic E-state index is 13.3. The number of carbonyl (C=O) groups excluding carboxylic acids is 1. The third kappa shape index (κ3) is 4.42. The van der Waals surface area contributed by atoms with E-state index in [1.807, 2.05) is 48.5 Å². The van der Waals surface area contributed by atoms with E-state index < -0.39 is 0 Å². The number of hydrogen-bond donors (Lipinski definition) is 0. The SMILES string of the molecule is CC(C)c1ccc(N(C(=O)COc2ccccc2C#N)c2nc3ccccc3s2)cc1. The Hall–Kier alpha value is -3.69. The highest BCUT2D eigenvalue weighted by atomic mass is 32.1. The Kier molecular flexibility index (Phi) is 5.96. The lowest BCUT2D eigenvalue weighted by Crippen LogP contribution is -2.31. The molecule has 0 aliphatic rings. The van der Waals surface area contributed by atoms with E-state index in [9.17, 15) is 10.1 Å². The zero-order valence-electron chi connectivity index (χ0n) is 17.3. The highest BCUT2D eigenvalue weighted by Crippen LogP contribution is 2.34. The summed E-state index contributed by atoms with van der Waals surface area (Å²) in [5, 5.41) is 9.85. The number of amides is 1. The predicted octanol–water partition coefficient (Wildman–Crippen LogP) is 6.04. The molecule has 0 aliphatic carbocycles. The topological polar surface area (TPSA) is 66.2 Å². The number of para-hydroxylation sites is 2. The normalized spacial score (nSPS) is 10.8. The number of ether oxygens (including phenoxy) is 1. The predicted molar refractivity (Wildman–Crippen MR) is 124 cm³/mol. The number of aromatic nitrogens is 1. The van der Waals surface area contributed by atoms with Crippen LogP contribution in [-0.4, -0.2) is 17.5 Å². The first-order chi connectivity index (χ1) is 15.1. The van der Waals surface area contributed by atoms with Crippen molar-refractivity contribution in [2.24, 2.45) is 0 Å². The van der Waals surface area contributed by atoms with Gasteiger partial charge in [0.25, 0.3) is 5.91 Å². The van der Waals surface area contributed by atoms with Crippen molar-refractivity contribution in [3.05, 3.63) is 83.9 Å². The molecule has 0 atom stereocenters. The molecule has 4 rings (SSSR count). The first kappa shape index (κ1) is 20.6. The minimum Gasteiger partial charge on any atom is -0.482 e. The minimum absolute atomic E-state index is 0.208. The molecule has 1 heterocycles. The summed E-state index contributed by atoms with van der Waals surface area (Å²) in [6.07, 6.45) is 0. The third-order valence-electron chi connectivity index (χ3n) is 4.90. The molecule has 0 spiro atoms. The molecular formula is C25H21N3O2S. The summed E-state index contributed by atoms with van der Waals surface area (Å²) in [7, 11) is 0. The van der Waals surface area contributed by atoms with E-state index >= 15 is 0 Å². The number of anilines is 2. The molecule has 4 aromatic rings. The van der Waals surface area contributed by atoms with Crippen LogP contribution in [0.2, 0.25) is 0 Å². The average molecular weight is 428 g/mol. The standard InChI is InChI=1S/C25H21N3O2S/c1-17(2)18-11-13-20(14-12-18)28(25-27-21-8-4-6-10-23(21)31-25)24(29)16-30-22-9-5-3-7-19(22)15-26/h3-14,17H,16H2,1-2H3. The first-order valence-electron chi connectivity index (χ1n) is 9.97. The summed E-state index contributed by atoms with van der Waals surface area (Å²) in [6.45, 7) is 4.05. The number of hydrogen-bond acceptors (Lipinski definition) is 5. The maximum atomic E-state index is 13.3. The van der Waals surface area contributed by atoms with Crippen molar-refractivity contribution in [3.63, 3.8) is 0 Å². The van der Waals surface area contributed by atoms with Gasteiger partial charge in [0.1, 0.15) is 11.8 Å². The van der Waals surface area contributed by atoms with Crippen LogP contribution in [0.3, 0.4) is 0 Å². The summed E-state index contributed by atoms with van der Waals surface area (Å²) in [5.41, 5.74) is 3.16. The van der Waals surface area contributed by atoms with Gasteiger partial charge < -0.3 is 4.74 Å². The van der Waals surface area contributed by atoms with Crippen LogP contribution in [0, 0.1) is 11.3 Å². The van der Waals surface area contributed by atoms with Crippen LogP contribution in [0.4, 0.5) is 10.8 Å². The van der Waals surface area contributed by atoms with Gasteiger partial charge in [-0.3, -0.25) is 9.69 Å². The highest BCUT2D eigenvalue weighted by molar-refractivity contribution is 7.22. The summed E-state index contributed by atoms with van der Waals surface area (Å²) in [5.74, 6) is 0.522. The molecule has 0 aliphatic heterocycles. The Morgan fingerprint density at radius 3 is 2.48 bits per heavy atom. The highest BCUT2D eigenvalue weighted by Gasteiger charge is 2.23. The summed E-state index contributed by atoms with van der Waals surface area (Å²) in [4.78, 5) is 19.6. The first-order valence-corrected chi connectivity index (χ1v) is 10.8. The number of thiazole rings is 1. The summed E-state index contributed by atoms with van der Waals surface area (Å²) in [6, 6.07) is 24.7. The monoisotopic (exact) mass is 427 g/mol. The van der Waals surface area contributed by atoms with Gasteiger partial charge in [-0.15, -0.1) is 0 Å². The van der Waals surface area contributed by atoms with Crippen LogP contribution in [-0.2, 0) is 4.79 Å². The third-order valence-corrected chi connectivity index (χ3v) is 5.92. The Bertz CT molecular complexity index is 1220. The molecule has 31 heavy (non-hydrogen) atoms. The van der Waals surface area contributed by atoms with Crippen molar-refractivity contribution in [1.29, 1.82) is 5.26 Å². The van der Waals surface area contributed by atoms with E-state index in [1.54, 1.807) is 29.2 Å². The lowest BCUT2D eigenvalue weighted by molar-refractivity contribution is -0.119. The van der Waals surface area contributed by atoms with E-state index in [-0.39, 0.29) is 12.5 Å². The maximum Gasteiger partial charge on any atom is 0.271 e. The van der Waals surface area contributed by atoms with Crippen LogP contribution in [0.1, 0.15) is 30.9 Å². The largest absolute Gasteiger partial charge is 0.482 e. The second kappa shape index (κ2) is 8.99. The summed E-state index contributed by atoms with van der Waals surface area (Å²) >= 11 is 1.45. The molecule has 0 saturated carbocycles. The minimum atomic E-state index is -0.260. The Labute approximate surface area is 185 Å². The fraction of sp³-hybridized carbons (Fsp3) is 0.160. The van der Waals surface area contributed by atoms with Gasteiger partial charge in [-0.1, -0.05) is 61.6 Å². The van der Waals surface area contributed by atoms with Gasteiger partial charge in [0.2, 0.25) is 0 Å². The molecule has 6 heteroatoms. The molecule has 0 saturated heterocycles. The molecule has 0 radical (unpaired) electrons. The molecule has 5 nitrogen and oxygen atoms in total. The molecule has 0 bridgehead atoms. The zero-order valence-corrected chi connectivity index (χ0v) is 18.1. The van der Waals surface area contributed by atoms with Crippen LogP contribution in [0.5, 0.6) is 5.75 Å². The number of fused-ring (bicyclic) bond motifs is 1. The van der Waals surface area contributed by atoms with Crippen molar-refractivity contribution in [3.8, 4) is 11.8 Å². The number of nitriles is 1. The van der Waals surface area contributed by atoms with E-state index in [1.165, 1.54) is 16.9 Å². The smallest absolute Gasteiger partial charge is 0.271 e. The van der Waals surface area contributed by atoms with Crippen molar-refractivity contribution in [1.82, 2.24) is 4.98 Å². The number of benzene rings is 3. The Balaban J connectivity index is 1.67. The second-order valence-corrected chi connectivity index (χ2v) is 8.35. The van der Waals surface area contributed by atoms with Crippen molar-refractivity contribution >= 4 is 38.3 Å². The molecule has 0 unspecified atom stereocenters. The molecule has 3 aromatic carbocycles. The fourth-order valence-electron chi connectivity index (χ4n) is 3.21. The van der Waals surface area contributed by atoms with Gasteiger partial charge in [0, 0.05) is 0 Å². The van der Waals surface area contributed by atoms with Crippen LogP contribution >= 0.6 is 11.3 Å². The molecule has 0 fully saturated rings. The Morgan fingerprint density at radius 2 is 1.77 bits per heavy atom. The van der Waals surface area contributed by atoms with Gasteiger partial charge in [0.05, 0.1) is 21.5 Å². The fourth-order valence-corrected chi connectivity index (χ4v) is 4.22. The molecule has 0 N–H and O–H groups in total. The van der Waals surface area contributed by atoms with E-state index in [0.717, 1.165) is 15.9 Å². The summed E-state index contributed by atoms with van der Waals surface area (Å²) < 4.78 is 6.72. The van der Waals surface area contributed by atoms with Crippen LogP contribution < -0.4 is 9.64 Å². The van der Waals surface area contributed by atoms with Gasteiger partial charge in [-0.05, 0) is 47.9 Å².